The Hall–Kier alpha value is -1.56. The molecule has 73 valence electrons. The van der Waals surface area contributed by atoms with Crippen LogP contribution in [0.4, 0.5) is 0 Å². The van der Waals surface area contributed by atoms with Crippen LogP contribution in [0.2, 0.25) is 0 Å². The van der Waals surface area contributed by atoms with Gasteiger partial charge in [-0.2, -0.15) is 0 Å². The van der Waals surface area contributed by atoms with Crippen LogP contribution < -0.4 is 0 Å². The Morgan fingerprint density at radius 2 is 2.00 bits per heavy atom. The third-order valence-corrected chi connectivity index (χ3v) is 1.41. The second-order valence-electron chi connectivity index (χ2n) is 2.46. The average Bonchev–Trinajstić information content (AvgIpc) is 2.62. The average molecular weight is 195 g/mol. The lowest BCUT2D eigenvalue weighted by Crippen LogP contribution is -2.09. The lowest BCUT2D eigenvalue weighted by atomic mass is 10.3. The summed E-state index contributed by atoms with van der Waals surface area (Å²) in [5.74, 6) is -0.878. The molecule has 0 aromatic carbocycles. The number of carbonyl (C=O) groups excluding carboxylic acids is 2. The summed E-state index contributed by atoms with van der Waals surface area (Å²) in [5.41, 5.74) is 0. The van der Waals surface area contributed by atoms with Crippen LogP contribution in [0.25, 0.3) is 0 Å². The predicted octanol–water partition coefficient (Wildman–Crippen LogP) is 0.820. The fraction of sp³-hybridized carbons (Fsp3) is 0.250. The van der Waals surface area contributed by atoms with Gasteiger partial charge >= 0.3 is 13.7 Å². The molecule has 1 rings (SSSR count). The summed E-state index contributed by atoms with van der Waals surface area (Å²) in [6, 6.07) is 2.77. The van der Waals surface area contributed by atoms with Crippen molar-refractivity contribution in [3.8, 4) is 0 Å². The summed E-state index contributed by atoms with van der Waals surface area (Å²) >= 11 is 0. The molecule has 1 aromatic rings. The maximum atomic E-state index is 11.1. The molecule has 0 aliphatic rings. The SMILES string of the molecule is CO[B]OC(=O)c1ccc(C(C)=O)o1. The summed E-state index contributed by atoms with van der Waals surface area (Å²) in [4.78, 5) is 21.9. The highest BCUT2D eigenvalue weighted by Gasteiger charge is 2.14. The van der Waals surface area contributed by atoms with E-state index in [1.165, 1.54) is 26.2 Å². The van der Waals surface area contributed by atoms with Crippen LogP contribution in [0.15, 0.2) is 16.5 Å². The van der Waals surface area contributed by atoms with Crippen molar-refractivity contribution in [3.05, 3.63) is 23.7 Å². The van der Waals surface area contributed by atoms with E-state index in [4.69, 9.17) is 4.42 Å². The molecule has 0 atom stereocenters. The zero-order chi connectivity index (χ0) is 10.6. The first-order valence-corrected chi connectivity index (χ1v) is 3.81. The van der Waals surface area contributed by atoms with Gasteiger partial charge in [0, 0.05) is 14.0 Å². The van der Waals surface area contributed by atoms with E-state index < -0.39 is 5.97 Å². The van der Waals surface area contributed by atoms with Gasteiger partial charge in [0.25, 0.3) is 0 Å². The van der Waals surface area contributed by atoms with E-state index in [2.05, 4.69) is 9.31 Å². The Bertz CT molecular complexity index is 343. The Morgan fingerprint density at radius 1 is 1.36 bits per heavy atom. The molecule has 0 aliphatic carbocycles. The Kier molecular flexibility index (Phi) is 3.47. The van der Waals surface area contributed by atoms with Crippen LogP contribution in [0.3, 0.4) is 0 Å². The topological polar surface area (TPSA) is 65.7 Å². The molecule has 1 radical (unpaired) electrons. The monoisotopic (exact) mass is 195 g/mol. The maximum absolute atomic E-state index is 11.1. The number of ketones is 1. The molecule has 14 heavy (non-hydrogen) atoms. The number of Topliss-reactive ketones (excluding diaryl/α,β-unsaturated/α-hetero) is 1. The van der Waals surface area contributed by atoms with E-state index in [0.29, 0.717) is 0 Å². The molecule has 0 saturated heterocycles. The Morgan fingerprint density at radius 3 is 2.50 bits per heavy atom. The fourth-order valence-electron chi connectivity index (χ4n) is 0.787. The van der Waals surface area contributed by atoms with Crippen molar-refractivity contribution in [2.45, 2.75) is 6.92 Å². The van der Waals surface area contributed by atoms with Crippen molar-refractivity contribution in [1.82, 2.24) is 0 Å². The minimum atomic E-state index is -0.709. The van der Waals surface area contributed by atoms with E-state index in [-0.39, 0.29) is 17.3 Å². The standard InChI is InChI=1S/C8H8BO5/c1-5(10)6-3-4-7(13-6)8(11)14-9-12-2/h3-4H,1-2H3. The third kappa shape index (κ3) is 2.46. The van der Waals surface area contributed by atoms with Gasteiger partial charge in [0.05, 0.1) is 0 Å². The molecule has 0 bridgehead atoms. The van der Waals surface area contributed by atoms with Crippen molar-refractivity contribution in [3.63, 3.8) is 0 Å². The van der Waals surface area contributed by atoms with Gasteiger partial charge in [0.15, 0.2) is 11.5 Å². The van der Waals surface area contributed by atoms with Crippen molar-refractivity contribution in [2.75, 3.05) is 7.11 Å². The first-order chi connectivity index (χ1) is 6.65. The molecule has 0 spiro atoms. The molecule has 0 unspecified atom stereocenters. The quantitative estimate of drug-likeness (QED) is 0.525. The normalized spacial score (nSPS) is 9.57. The van der Waals surface area contributed by atoms with Crippen molar-refractivity contribution < 1.29 is 23.3 Å². The fourth-order valence-corrected chi connectivity index (χ4v) is 0.787. The van der Waals surface area contributed by atoms with Gasteiger partial charge in [-0.3, -0.25) is 4.79 Å². The van der Waals surface area contributed by atoms with Crippen LogP contribution >= 0.6 is 0 Å². The second kappa shape index (κ2) is 4.62. The predicted molar refractivity (Wildman–Crippen MR) is 46.9 cm³/mol. The van der Waals surface area contributed by atoms with Crippen LogP contribution in [0.5, 0.6) is 0 Å². The van der Waals surface area contributed by atoms with E-state index in [1.54, 1.807) is 0 Å². The highest BCUT2D eigenvalue weighted by Crippen LogP contribution is 2.09. The van der Waals surface area contributed by atoms with Crippen molar-refractivity contribution >= 4 is 19.4 Å². The van der Waals surface area contributed by atoms with Crippen LogP contribution in [0, 0.1) is 0 Å². The summed E-state index contributed by atoms with van der Waals surface area (Å²) in [7, 11) is 2.22. The molecule has 0 aliphatic heterocycles. The van der Waals surface area contributed by atoms with Gasteiger partial charge in [-0.25, -0.2) is 4.79 Å². The molecule has 1 aromatic heterocycles. The third-order valence-electron chi connectivity index (χ3n) is 1.41. The van der Waals surface area contributed by atoms with Gasteiger partial charge in [-0.15, -0.1) is 0 Å². The van der Waals surface area contributed by atoms with E-state index in [9.17, 15) is 9.59 Å². The first-order valence-electron chi connectivity index (χ1n) is 3.81. The van der Waals surface area contributed by atoms with Gasteiger partial charge in [-0.1, -0.05) is 0 Å². The molecule has 1 heterocycles. The second-order valence-corrected chi connectivity index (χ2v) is 2.46. The van der Waals surface area contributed by atoms with Gasteiger partial charge in [0.1, 0.15) is 0 Å². The zero-order valence-corrected chi connectivity index (χ0v) is 7.77. The number of hydrogen-bond donors (Lipinski definition) is 0. The Labute approximate surface area is 81.3 Å². The molecule has 0 N–H and O–H groups in total. The van der Waals surface area contributed by atoms with E-state index in [0.717, 1.165) is 7.69 Å². The maximum Gasteiger partial charge on any atom is 0.574 e. The number of rotatable bonds is 4. The number of hydrogen-bond acceptors (Lipinski definition) is 5. The molecule has 5 nitrogen and oxygen atoms in total. The van der Waals surface area contributed by atoms with Gasteiger partial charge in [-0.05, 0) is 12.1 Å². The summed E-state index contributed by atoms with van der Waals surface area (Å²) in [6.45, 7) is 1.34. The zero-order valence-electron chi connectivity index (χ0n) is 7.77. The molecule has 0 fully saturated rings. The summed E-state index contributed by atoms with van der Waals surface area (Å²) < 4.78 is 13.8. The minimum Gasteiger partial charge on any atom is -0.505 e. The van der Waals surface area contributed by atoms with Crippen LogP contribution in [-0.2, 0) is 9.31 Å². The van der Waals surface area contributed by atoms with Crippen LogP contribution in [-0.4, -0.2) is 26.5 Å². The summed E-state index contributed by atoms with van der Waals surface area (Å²) in [5, 5.41) is 0. The number of furan rings is 1. The molecular weight excluding hydrogens is 187 g/mol. The largest absolute Gasteiger partial charge is 0.574 e. The van der Waals surface area contributed by atoms with Crippen LogP contribution in [0.1, 0.15) is 28.0 Å². The van der Waals surface area contributed by atoms with Gasteiger partial charge in [0.2, 0.25) is 5.76 Å². The lowest BCUT2D eigenvalue weighted by molar-refractivity contribution is 0.0674. The molecule has 6 heteroatoms. The minimum absolute atomic E-state index is 0.0384. The smallest absolute Gasteiger partial charge is 0.505 e. The van der Waals surface area contributed by atoms with Crippen molar-refractivity contribution in [2.24, 2.45) is 0 Å². The number of carbonyl (C=O) groups is 2. The van der Waals surface area contributed by atoms with E-state index >= 15 is 0 Å². The highest BCUT2D eigenvalue weighted by molar-refractivity contribution is 6.23. The molecule has 0 saturated carbocycles. The van der Waals surface area contributed by atoms with E-state index in [1.807, 2.05) is 0 Å². The Balaban J connectivity index is 2.66. The highest BCUT2D eigenvalue weighted by atomic mass is 16.6. The van der Waals surface area contributed by atoms with Crippen molar-refractivity contribution in [1.29, 1.82) is 0 Å². The molecular formula is C8H8BO5. The lowest BCUT2D eigenvalue weighted by Gasteiger charge is -1.97. The van der Waals surface area contributed by atoms with Gasteiger partial charge < -0.3 is 13.7 Å². The molecule has 0 amide bonds. The first kappa shape index (κ1) is 10.5. The summed E-state index contributed by atoms with van der Waals surface area (Å²) in [6.07, 6.45) is 0.